The number of rotatable bonds is 4. The topological polar surface area (TPSA) is 61.8 Å². The van der Waals surface area contributed by atoms with Crippen molar-refractivity contribution in [1.82, 2.24) is 15.0 Å². The number of hydrogen-bond donors (Lipinski definition) is 2. The first-order valence-electron chi connectivity index (χ1n) is 8.35. The van der Waals surface area contributed by atoms with Crippen LogP contribution in [0.5, 0.6) is 0 Å². The molecule has 2 N–H and O–H groups in total. The number of aromatic nitrogens is 3. The van der Waals surface area contributed by atoms with E-state index in [1.165, 1.54) is 5.56 Å². The van der Waals surface area contributed by atoms with Crippen LogP contribution in [0.2, 0.25) is 0 Å². The monoisotopic (exact) mass is 329 g/mol. The maximum absolute atomic E-state index is 9.19. The molecule has 4 nitrogen and oxygen atoms in total. The zero-order chi connectivity index (χ0) is 17.2. The zero-order valence-electron chi connectivity index (χ0n) is 14.0. The van der Waals surface area contributed by atoms with E-state index in [-0.39, 0.29) is 12.5 Å². The van der Waals surface area contributed by atoms with Crippen LogP contribution in [0.4, 0.5) is 0 Å². The van der Waals surface area contributed by atoms with E-state index in [0.717, 1.165) is 33.5 Å². The van der Waals surface area contributed by atoms with Crippen molar-refractivity contribution in [2.24, 2.45) is 0 Å². The summed E-state index contributed by atoms with van der Waals surface area (Å²) >= 11 is 0. The number of H-pyrrole nitrogens is 1. The van der Waals surface area contributed by atoms with Crippen LogP contribution >= 0.6 is 0 Å². The number of fused-ring (bicyclic) bond motifs is 1. The molecule has 0 amide bonds. The minimum atomic E-state index is 0.0528. The first kappa shape index (κ1) is 15.5. The average Bonchev–Trinajstić information content (AvgIpc) is 3.12. The van der Waals surface area contributed by atoms with Gasteiger partial charge in [-0.1, -0.05) is 61.5 Å². The highest BCUT2D eigenvalue weighted by Crippen LogP contribution is 2.31. The van der Waals surface area contributed by atoms with Crippen LogP contribution in [0.1, 0.15) is 29.7 Å². The van der Waals surface area contributed by atoms with Gasteiger partial charge in [0.25, 0.3) is 0 Å². The molecule has 2 aromatic heterocycles. The average molecular weight is 329 g/mol. The summed E-state index contributed by atoms with van der Waals surface area (Å²) in [5, 5.41) is 10.2. The van der Waals surface area contributed by atoms with Crippen LogP contribution in [0, 0.1) is 0 Å². The zero-order valence-corrected chi connectivity index (χ0v) is 14.0. The maximum atomic E-state index is 9.19. The molecule has 4 aromatic rings. The van der Waals surface area contributed by atoms with Gasteiger partial charge in [-0.25, -0.2) is 9.97 Å². The Balaban J connectivity index is 1.78. The molecule has 0 saturated heterocycles. The quantitative estimate of drug-likeness (QED) is 0.588. The number of aromatic amines is 1. The first-order valence-corrected chi connectivity index (χ1v) is 8.35. The number of aliphatic hydroxyl groups is 1. The third-order valence-electron chi connectivity index (χ3n) is 4.61. The van der Waals surface area contributed by atoms with E-state index in [4.69, 9.17) is 0 Å². The Morgan fingerprint density at radius 1 is 1.00 bits per heavy atom. The molecule has 0 saturated carbocycles. The third-order valence-corrected chi connectivity index (χ3v) is 4.61. The number of benzene rings is 2. The molecule has 0 radical (unpaired) electrons. The summed E-state index contributed by atoms with van der Waals surface area (Å²) in [6.07, 6.45) is 1.62. The van der Waals surface area contributed by atoms with Gasteiger partial charge in [0, 0.05) is 17.0 Å². The molecule has 0 spiro atoms. The molecular formula is C21H19N3O. The van der Waals surface area contributed by atoms with Crippen LogP contribution < -0.4 is 0 Å². The van der Waals surface area contributed by atoms with Crippen molar-refractivity contribution < 1.29 is 5.11 Å². The number of nitrogens with one attached hydrogen (secondary N) is 1. The predicted molar refractivity (Wildman–Crippen MR) is 99.2 cm³/mol. The lowest BCUT2D eigenvalue weighted by atomic mass is 9.96. The highest BCUT2D eigenvalue weighted by atomic mass is 16.3. The molecule has 0 aliphatic carbocycles. The Morgan fingerprint density at radius 2 is 1.76 bits per heavy atom. The van der Waals surface area contributed by atoms with Gasteiger partial charge in [0.05, 0.1) is 12.3 Å². The third kappa shape index (κ3) is 2.92. The Kier molecular flexibility index (Phi) is 4.04. The molecule has 0 bridgehead atoms. The first-order chi connectivity index (χ1) is 12.3. The molecule has 2 aromatic carbocycles. The lowest BCUT2D eigenvalue weighted by Gasteiger charge is -2.11. The minimum absolute atomic E-state index is 0.0528. The van der Waals surface area contributed by atoms with Crippen molar-refractivity contribution in [3.05, 3.63) is 83.8 Å². The summed E-state index contributed by atoms with van der Waals surface area (Å²) in [5.41, 5.74) is 6.06. The molecule has 0 aliphatic heterocycles. The van der Waals surface area contributed by atoms with Crippen molar-refractivity contribution in [1.29, 1.82) is 0 Å². The van der Waals surface area contributed by atoms with Gasteiger partial charge in [-0.2, -0.15) is 0 Å². The van der Waals surface area contributed by atoms with Crippen molar-refractivity contribution in [2.45, 2.75) is 19.4 Å². The molecule has 0 aliphatic rings. The Morgan fingerprint density at radius 3 is 2.48 bits per heavy atom. The lowest BCUT2D eigenvalue weighted by molar-refractivity contribution is 0.282. The van der Waals surface area contributed by atoms with Gasteiger partial charge < -0.3 is 10.1 Å². The van der Waals surface area contributed by atoms with Gasteiger partial charge in [-0.05, 0) is 22.8 Å². The smallest absolute Gasteiger partial charge is 0.141 e. The highest BCUT2D eigenvalue weighted by molar-refractivity contribution is 5.85. The van der Waals surface area contributed by atoms with Crippen LogP contribution in [0.3, 0.4) is 0 Å². The number of hydrogen-bond acceptors (Lipinski definition) is 3. The van der Waals surface area contributed by atoms with Gasteiger partial charge in [-0.15, -0.1) is 0 Å². The fourth-order valence-corrected chi connectivity index (χ4v) is 3.15. The van der Waals surface area contributed by atoms with Crippen LogP contribution in [0.15, 0.2) is 67.0 Å². The van der Waals surface area contributed by atoms with Gasteiger partial charge in [0.1, 0.15) is 12.0 Å². The second-order valence-electron chi connectivity index (χ2n) is 6.19. The molecular weight excluding hydrogens is 310 g/mol. The molecule has 4 heteroatoms. The van der Waals surface area contributed by atoms with E-state index in [1.807, 2.05) is 30.3 Å². The van der Waals surface area contributed by atoms with Crippen molar-refractivity contribution >= 4 is 11.0 Å². The van der Waals surface area contributed by atoms with Crippen molar-refractivity contribution in [3.63, 3.8) is 0 Å². The van der Waals surface area contributed by atoms with Gasteiger partial charge in [-0.3, -0.25) is 0 Å². The van der Waals surface area contributed by atoms with Crippen molar-refractivity contribution in [2.75, 3.05) is 0 Å². The van der Waals surface area contributed by atoms with Crippen molar-refractivity contribution in [3.8, 4) is 11.3 Å². The molecule has 4 rings (SSSR count). The second-order valence-corrected chi connectivity index (χ2v) is 6.19. The largest absolute Gasteiger partial charge is 0.392 e. The fraction of sp³-hybridized carbons (Fsp3) is 0.143. The number of aliphatic hydroxyl groups excluding tert-OH is 1. The fourth-order valence-electron chi connectivity index (χ4n) is 3.15. The standard InChI is InChI=1S/C21H19N3O/c1-14(16-5-3-2-4-6-16)20-18-11-19(24-21(18)23-13-22-20)17-9-7-15(12-25)8-10-17/h2-11,13-14,25H,12H2,1H3,(H,22,23,24). The minimum Gasteiger partial charge on any atom is -0.392 e. The van der Waals surface area contributed by atoms with E-state index in [0.29, 0.717) is 0 Å². The van der Waals surface area contributed by atoms with E-state index >= 15 is 0 Å². The molecule has 1 atom stereocenters. The Bertz CT molecular complexity index is 991. The number of nitrogens with zero attached hydrogens (tertiary/aromatic N) is 2. The van der Waals surface area contributed by atoms with E-state index in [9.17, 15) is 5.11 Å². The molecule has 25 heavy (non-hydrogen) atoms. The Labute approximate surface area is 146 Å². The summed E-state index contributed by atoms with van der Waals surface area (Å²) in [7, 11) is 0. The van der Waals surface area contributed by atoms with Crippen LogP contribution in [-0.2, 0) is 6.61 Å². The van der Waals surface area contributed by atoms with Crippen LogP contribution in [0.25, 0.3) is 22.3 Å². The second kappa shape index (κ2) is 6.49. The summed E-state index contributed by atoms with van der Waals surface area (Å²) in [6.45, 7) is 2.22. The summed E-state index contributed by atoms with van der Waals surface area (Å²) in [4.78, 5) is 12.3. The molecule has 124 valence electrons. The SMILES string of the molecule is CC(c1ccccc1)c1ncnc2[nH]c(-c3ccc(CO)cc3)cc12. The van der Waals surface area contributed by atoms with Gasteiger partial charge in [0.2, 0.25) is 0 Å². The predicted octanol–water partition coefficient (Wildman–Crippen LogP) is 4.27. The molecule has 2 heterocycles. The molecule has 0 fully saturated rings. The normalized spacial score (nSPS) is 12.4. The van der Waals surface area contributed by atoms with Gasteiger partial charge >= 0.3 is 0 Å². The summed E-state index contributed by atoms with van der Waals surface area (Å²) < 4.78 is 0. The van der Waals surface area contributed by atoms with Gasteiger partial charge in [0.15, 0.2) is 0 Å². The lowest BCUT2D eigenvalue weighted by Crippen LogP contribution is -2.00. The summed E-state index contributed by atoms with van der Waals surface area (Å²) in [5.74, 6) is 0.187. The van der Waals surface area contributed by atoms with E-state index in [2.05, 4.69) is 52.2 Å². The summed E-state index contributed by atoms with van der Waals surface area (Å²) in [6, 6.07) is 20.4. The highest BCUT2D eigenvalue weighted by Gasteiger charge is 2.16. The van der Waals surface area contributed by atoms with E-state index in [1.54, 1.807) is 6.33 Å². The maximum Gasteiger partial charge on any atom is 0.141 e. The van der Waals surface area contributed by atoms with E-state index < -0.39 is 0 Å². The Hall–Kier alpha value is -2.98. The van der Waals surface area contributed by atoms with Crippen LogP contribution in [-0.4, -0.2) is 20.1 Å². The molecule has 1 unspecified atom stereocenters.